The lowest BCUT2D eigenvalue weighted by atomic mass is 9.92. The largest absolute Gasteiger partial charge is 0.496 e. The van der Waals surface area contributed by atoms with Gasteiger partial charge in [-0.2, -0.15) is 0 Å². The van der Waals surface area contributed by atoms with Crippen molar-refractivity contribution in [2.75, 3.05) is 28.4 Å². The van der Waals surface area contributed by atoms with Gasteiger partial charge in [-0.3, -0.25) is 0 Å². The molecule has 0 amide bonds. The van der Waals surface area contributed by atoms with Crippen LogP contribution in [0.4, 0.5) is 0 Å². The SMILES string of the molecule is COc1cccc(OC)c1C(c1c(OC)cccc1OC)=c1ccc(=C2C=CC=[O+]2)cc1. The number of methoxy groups -OCH3 is 4. The van der Waals surface area contributed by atoms with E-state index in [0.29, 0.717) is 23.0 Å². The average Bonchev–Trinajstić information content (AvgIpc) is 3.39. The van der Waals surface area contributed by atoms with E-state index in [1.165, 1.54) is 0 Å². The highest BCUT2D eigenvalue weighted by Gasteiger charge is 2.23. The lowest BCUT2D eigenvalue weighted by Gasteiger charge is -2.20. The van der Waals surface area contributed by atoms with Crippen molar-refractivity contribution in [1.82, 2.24) is 0 Å². The molecule has 0 radical (unpaired) electrons. The molecule has 5 nitrogen and oxygen atoms in total. The van der Waals surface area contributed by atoms with Crippen molar-refractivity contribution >= 4 is 17.6 Å². The Morgan fingerprint density at radius 1 is 0.625 bits per heavy atom. The smallest absolute Gasteiger partial charge is 0.360 e. The number of hydrogen-bond acceptors (Lipinski definition) is 4. The molecule has 0 unspecified atom stereocenters. The van der Waals surface area contributed by atoms with Crippen LogP contribution in [-0.2, 0) is 4.42 Å². The monoisotopic (exact) mass is 429 g/mol. The van der Waals surface area contributed by atoms with Gasteiger partial charge in [0, 0.05) is 11.6 Å². The van der Waals surface area contributed by atoms with Gasteiger partial charge in [-0.15, -0.1) is 0 Å². The van der Waals surface area contributed by atoms with Gasteiger partial charge in [-0.25, -0.2) is 4.42 Å². The molecule has 32 heavy (non-hydrogen) atoms. The number of allylic oxidation sites excluding steroid dienone is 1. The maximum atomic E-state index is 5.74. The van der Waals surface area contributed by atoms with Gasteiger partial charge < -0.3 is 18.9 Å². The molecule has 5 heteroatoms. The Morgan fingerprint density at radius 2 is 1.09 bits per heavy atom. The second-order valence-electron chi connectivity index (χ2n) is 7.00. The van der Waals surface area contributed by atoms with Gasteiger partial charge >= 0.3 is 12.0 Å². The minimum absolute atomic E-state index is 0.683. The van der Waals surface area contributed by atoms with Gasteiger partial charge in [0.15, 0.2) is 0 Å². The zero-order chi connectivity index (χ0) is 22.5. The third-order valence-corrected chi connectivity index (χ3v) is 5.33. The molecular weight excluding hydrogens is 404 g/mol. The highest BCUT2D eigenvalue weighted by molar-refractivity contribution is 5.90. The predicted octanol–water partition coefficient (Wildman–Crippen LogP) is 3.38. The van der Waals surface area contributed by atoms with Crippen LogP contribution in [0.5, 0.6) is 23.0 Å². The fraction of sp³-hybridized carbons (Fsp3) is 0.148. The van der Waals surface area contributed by atoms with Crippen LogP contribution in [0, 0.1) is 0 Å². The van der Waals surface area contributed by atoms with E-state index >= 15 is 0 Å². The van der Waals surface area contributed by atoms with Crippen molar-refractivity contribution in [3.8, 4) is 23.0 Å². The van der Waals surface area contributed by atoms with Crippen LogP contribution in [0.1, 0.15) is 11.1 Å². The van der Waals surface area contributed by atoms with Crippen LogP contribution in [0.25, 0.3) is 11.3 Å². The fourth-order valence-electron chi connectivity index (χ4n) is 3.85. The molecule has 0 spiro atoms. The van der Waals surface area contributed by atoms with E-state index in [1.807, 2.05) is 72.8 Å². The summed E-state index contributed by atoms with van der Waals surface area (Å²) in [6, 6.07) is 19.6. The van der Waals surface area contributed by atoms with E-state index in [-0.39, 0.29) is 0 Å². The molecule has 3 aromatic rings. The molecule has 1 heterocycles. The predicted molar refractivity (Wildman–Crippen MR) is 125 cm³/mol. The topological polar surface area (TPSA) is 48.2 Å². The first-order valence-corrected chi connectivity index (χ1v) is 10.2. The van der Waals surface area contributed by atoms with E-state index in [2.05, 4.69) is 0 Å². The van der Waals surface area contributed by atoms with Gasteiger partial charge in [-0.1, -0.05) is 24.3 Å². The molecule has 0 aliphatic carbocycles. The van der Waals surface area contributed by atoms with Crippen LogP contribution in [-0.4, -0.2) is 34.7 Å². The summed E-state index contributed by atoms with van der Waals surface area (Å²) in [4.78, 5) is 0. The molecule has 162 valence electrons. The lowest BCUT2D eigenvalue weighted by molar-refractivity contribution is -0.333. The van der Waals surface area contributed by atoms with Crippen molar-refractivity contribution < 1.29 is 23.4 Å². The zero-order valence-electron chi connectivity index (χ0n) is 18.5. The van der Waals surface area contributed by atoms with E-state index < -0.39 is 0 Å². The third-order valence-electron chi connectivity index (χ3n) is 5.33. The molecule has 1 aliphatic rings. The number of rotatable bonds is 6. The summed E-state index contributed by atoms with van der Waals surface area (Å²) in [5, 5.41) is 1.93. The standard InChI is InChI=1S/C27H25O5/c1-28-21-8-5-9-22(29-2)26(21)25(27-23(30-3)10-6-11-24(27)31-4)19-15-13-18(14-16-19)20-12-7-17-32-20/h5-17H,1-4H3/q+1. The molecular formula is C27H25O5+. The first-order valence-electron chi connectivity index (χ1n) is 10.2. The first-order chi connectivity index (χ1) is 15.7. The van der Waals surface area contributed by atoms with Crippen LogP contribution in [0.3, 0.4) is 0 Å². The molecule has 1 aliphatic heterocycles. The Labute approximate surface area is 187 Å². The van der Waals surface area contributed by atoms with Crippen molar-refractivity contribution in [3.05, 3.63) is 94.4 Å². The maximum Gasteiger partial charge on any atom is 0.360 e. The number of ether oxygens (including phenoxy) is 4. The second-order valence-corrected chi connectivity index (χ2v) is 7.00. The van der Waals surface area contributed by atoms with E-state index in [9.17, 15) is 0 Å². The molecule has 0 atom stereocenters. The van der Waals surface area contributed by atoms with Crippen LogP contribution < -0.4 is 29.4 Å². The van der Waals surface area contributed by atoms with Gasteiger partial charge in [-0.05, 0) is 41.6 Å². The minimum Gasteiger partial charge on any atom is -0.496 e. The van der Waals surface area contributed by atoms with Crippen LogP contribution in [0.2, 0.25) is 0 Å². The molecule has 0 fully saturated rings. The molecule has 4 rings (SSSR count). The fourth-order valence-corrected chi connectivity index (χ4v) is 3.85. The van der Waals surface area contributed by atoms with Crippen molar-refractivity contribution in [1.29, 1.82) is 0 Å². The quantitative estimate of drug-likeness (QED) is 0.445. The Bertz CT molecular complexity index is 1180. The van der Waals surface area contributed by atoms with Gasteiger partial charge in [0.1, 0.15) is 23.0 Å². The Morgan fingerprint density at radius 3 is 1.47 bits per heavy atom. The highest BCUT2D eigenvalue weighted by atomic mass is 16.5. The average molecular weight is 429 g/mol. The Kier molecular flexibility index (Phi) is 6.26. The number of hydrogen-bond donors (Lipinski definition) is 0. The van der Waals surface area contributed by atoms with Crippen molar-refractivity contribution in [2.45, 2.75) is 0 Å². The Hall–Kier alpha value is -3.99. The van der Waals surface area contributed by atoms with Gasteiger partial charge in [0.25, 0.3) is 0 Å². The summed E-state index contributed by atoms with van der Waals surface area (Å²) < 4.78 is 28.5. The summed E-state index contributed by atoms with van der Waals surface area (Å²) >= 11 is 0. The number of aldehydes is 1. The molecule has 0 N–H and O–H groups in total. The first kappa shape index (κ1) is 21.2. The number of benzene rings is 3. The summed E-state index contributed by atoms with van der Waals surface area (Å²) in [7, 11) is 6.59. The summed E-state index contributed by atoms with van der Waals surface area (Å²) in [5.41, 5.74) is 2.50. The number of carbonyl (C=O) groups excluding carboxylic acids is 1. The second kappa shape index (κ2) is 9.43. The van der Waals surface area contributed by atoms with Crippen LogP contribution in [0.15, 0.2) is 72.8 Å². The maximum absolute atomic E-state index is 5.74. The molecule has 0 saturated carbocycles. The van der Waals surface area contributed by atoms with Gasteiger partial charge in [0.2, 0.25) is 0 Å². The molecule has 0 aromatic heterocycles. The summed E-state index contributed by atoms with van der Waals surface area (Å²) in [6.45, 7) is 0. The van der Waals surface area contributed by atoms with Crippen molar-refractivity contribution in [3.63, 3.8) is 0 Å². The van der Waals surface area contributed by atoms with Crippen LogP contribution >= 0.6 is 0 Å². The van der Waals surface area contributed by atoms with Crippen molar-refractivity contribution in [2.24, 2.45) is 0 Å². The lowest BCUT2D eigenvalue weighted by Crippen LogP contribution is -2.15. The zero-order valence-corrected chi connectivity index (χ0v) is 18.5. The highest BCUT2D eigenvalue weighted by Crippen LogP contribution is 2.43. The minimum atomic E-state index is 0.683. The summed E-state index contributed by atoms with van der Waals surface area (Å²) in [5.74, 6) is 3.54. The molecule has 0 bridgehead atoms. The summed E-state index contributed by atoms with van der Waals surface area (Å²) in [6.07, 6.45) is 5.48. The van der Waals surface area contributed by atoms with Gasteiger partial charge in [0.05, 0.1) is 50.9 Å². The normalized spacial score (nSPS) is 12.1. The van der Waals surface area contributed by atoms with E-state index in [4.69, 9.17) is 23.4 Å². The third kappa shape index (κ3) is 3.85. The van der Waals surface area contributed by atoms with E-state index in [1.54, 1.807) is 34.7 Å². The Balaban J connectivity index is 2.15. The van der Waals surface area contributed by atoms with E-state index in [0.717, 1.165) is 32.9 Å². The molecule has 0 saturated heterocycles. The molecule has 3 aromatic carbocycles.